The summed E-state index contributed by atoms with van der Waals surface area (Å²) < 4.78 is 5.77. The van der Waals surface area contributed by atoms with E-state index in [0.717, 1.165) is 5.56 Å². The van der Waals surface area contributed by atoms with Crippen LogP contribution >= 0.6 is 11.8 Å². The Hall–Kier alpha value is -2.87. The Balaban J connectivity index is 1.89. The van der Waals surface area contributed by atoms with Gasteiger partial charge >= 0.3 is 0 Å². The van der Waals surface area contributed by atoms with Crippen LogP contribution in [0.25, 0.3) is 11.1 Å². The number of carbonyl (C=O) groups excluding carboxylic acids is 2. The molecule has 0 saturated carbocycles. The molecule has 3 aromatic rings. The third kappa shape index (κ3) is 4.99. The number of amides is 2. The summed E-state index contributed by atoms with van der Waals surface area (Å²) in [6, 6.07) is 8.92. The van der Waals surface area contributed by atoms with Crippen LogP contribution in [0.5, 0.6) is 0 Å². The molecule has 7 nitrogen and oxygen atoms in total. The Bertz CT molecular complexity index is 1060. The van der Waals surface area contributed by atoms with Crippen molar-refractivity contribution >= 4 is 40.5 Å². The molecule has 0 radical (unpaired) electrons. The Labute approximate surface area is 180 Å². The van der Waals surface area contributed by atoms with Crippen LogP contribution in [0.2, 0.25) is 0 Å². The number of hydrogen-bond acceptors (Lipinski definition) is 6. The fraction of sp³-hybridized carbons (Fsp3) is 0.364. The molecule has 0 unspecified atom stereocenters. The van der Waals surface area contributed by atoms with E-state index < -0.39 is 5.25 Å². The maximum atomic E-state index is 12.7. The van der Waals surface area contributed by atoms with Crippen molar-refractivity contribution in [3.05, 3.63) is 47.2 Å². The van der Waals surface area contributed by atoms with Gasteiger partial charge in [-0.1, -0.05) is 43.8 Å². The monoisotopic (exact) mass is 426 g/mol. The first-order valence-corrected chi connectivity index (χ1v) is 10.7. The quantitative estimate of drug-likeness (QED) is 0.431. The van der Waals surface area contributed by atoms with Crippen LogP contribution in [0, 0.1) is 19.8 Å². The van der Waals surface area contributed by atoms with Gasteiger partial charge < -0.3 is 15.1 Å². The Morgan fingerprint density at radius 3 is 2.47 bits per heavy atom. The molecule has 0 fully saturated rings. The van der Waals surface area contributed by atoms with E-state index in [-0.39, 0.29) is 11.8 Å². The molecular weight excluding hydrogens is 400 g/mol. The lowest BCUT2D eigenvalue weighted by Crippen LogP contribution is -2.33. The zero-order chi connectivity index (χ0) is 21.8. The molecule has 1 atom stereocenters. The van der Waals surface area contributed by atoms with E-state index in [1.54, 1.807) is 31.2 Å². The van der Waals surface area contributed by atoms with Gasteiger partial charge in [0.05, 0.1) is 10.6 Å². The minimum Gasteiger partial charge on any atom is -0.443 e. The van der Waals surface area contributed by atoms with Gasteiger partial charge in [-0.05, 0) is 38.8 Å². The molecule has 8 heteroatoms. The highest BCUT2D eigenvalue weighted by atomic mass is 32.2. The van der Waals surface area contributed by atoms with Gasteiger partial charge in [0.15, 0.2) is 5.16 Å². The SMILES string of the molecule is Cc1oc2nc(S[C@@H](C)C(=O)NCC(C)C)nc(NC(=O)c3ccccc3)c2c1C. The van der Waals surface area contributed by atoms with Crippen LogP contribution in [-0.2, 0) is 4.79 Å². The number of hydrogen-bond donors (Lipinski definition) is 2. The van der Waals surface area contributed by atoms with E-state index >= 15 is 0 Å². The predicted octanol–water partition coefficient (Wildman–Crippen LogP) is 4.34. The molecule has 158 valence electrons. The summed E-state index contributed by atoms with van der Waals surface area (Å²) in [6.45, 7) is 10.2. The summed E-state index contributed by atoms with van der Waals surface area (Å²) in [5.74, 6) is 1.10. The van der Waals surface area contributed by atoms with Crippen molar-refractivity contribution < 1.29 is 14.0 Å². The summed E-state index contributed by atoms with van der Waals surface area (Å²) in [7, 11) is 0. The van der Waals surface area contributed by atoms with Gasteiger partial charge in [0, 0.05) is 17.7 Å². The summed E-state index contributed by atoms with van der Waals surface area (Å²) in [5, 5.41) is 6.43. The molecule has 30 heavy (non-hydrogen) atoms. The molecule has 0 spiro atoms. The van der Waals surface area contributed by atoms with Gasteiger partial charge in [-0.25, -0.2) is 4.98 Å². The van der Waals surface area contributed by atoms with Crippen molar-refractivity contribution in [2.45, 2.75) is 45.0 Å². The number of benzene rings is 1. The second kappa shape index (κ2) is 9.30. The first-order chi connectivity index (χ1) is 14.3. The molecule has 2 aromatic heterocycles. The molecule has 1 aromatic carbocycles. The Morgan fingerprint density at radius 1 is 1.10 bits per heavy atom. The number of nitrogens with zero attached hydrogens (tertiary/aromatic N) is 2. The minimum atomic E-state index is -0.393. The molecule has 0 aliphatic carbocycles. The molecule has 0 saturated heterocycles. The Kier molecular flexibility index (Phi) is 6.77. The number of fused-ring (bicyclic) bond motifs is 1. The number of thioether (sulfide) groups is 1. The number of anilines is 1. The number of aromatic nitrogens is 2. The average molecular weight is 427 g/mol. The van der Waals surface area contributed by atoms with Crippen LogP contribution in [0.1, 0.15) is 42.5 Å². The smallest absolute Gasteiger partial charge is 0.256 e. The molecule has 0 bridgehead atoms. The van der Waals surface area contributed by atoms with Crippen molar-refractivity contribution in [1.29, 1.82) is 0 Å². The third-order valence-electron chi connectivity index (χ3n) is 4.61. The second-order valence-electron chi connectivity index (χ2n) is 7.54. The topological polar surface area (TPSA) is 97.1 Å². The number of furan rings is 1. The molecule has 2 heterocycles. The summed E-state index contributed by atoms with van der Waals surface area (Å²) in [6.07, 6.45) is 0. The van der Waals surface area contributed by atoms with Crippen molar-refractivity contribution in [3.63, 3.8) is 0 Å². The normalized spacial score (nSPS) is 12.2. The van der Waals surface area contributed by atoms with Gasteiger partial charge in [0.25, 0.3) is 5.91 Å². The van der Waals surface area contributed by atoms with Crippen molar-refractivity contribution in [2.24, 2.45) is 5.92 Å². The van der Waals surface area contributed by atoms with Crippen LogP contribution in [0.15, 0.2) is 39.9 Å². The van der Waals surface area contributed by atoms with E-state index in [1.165, 1.54) is 11.8 Å². The average Bonchev–Trinajstić information content (AvgIpc) is 3.00. The lowest BCUT2D eigenvalue weighted by atomic mass is 10.2. The van der Waals surface area contributed by atoms with Crippen molar-refractivity contribution in [3.8, 4) is 0 Å². The van der Waals surface area contributed by atoms with E-state index in [2.05, 4.69) is 20.6 Å². The maximum absolute atomic E-state index is 12.7. The molecular formula is C22H26N4O3S. The molecule has 2 N–H and O–H groups in total. The molecule has 2 amide bonds. The Morgan fingerprint density at radius 2 is 1.80 bits per heavy atom. The van der Waals surface area contributed by atoms with Crippen LogP contribution in [0.3, 0.4) is 0 Å². The highest BCUT2D eigenvalue weighted by Crippen LogP contribution is 2.32. The molecule has 0 aliphatic heterocycles. The molecule has 0 aliphatic rings. The summed E-state index contributed by atoms with van der Waals surface area (Å²) in [4.78, 5) is 34.0. The van der Waals surface area contributed by atoms with E-state index in [0.29, 0.717) is 45.9 Å². The number of carbonyl (C=O) groups is 2. The zero-order valence-corrected chi connectivity index (χ0v) is 18.6. The van der Waals surface area contributed by atoms with Crippen LogP contribution in [0.4, 0.5) is 5.82 Å². The van der Waals surface area contributed by atoms with Gasteiger partial charge in [0.2, 0.25) is 11.6 Å². The number of rotatable bonds is 7. The third-order valence-corrected chi connectivity index (χ3v) is 5.57. The van der Waals surface area contributed by atoms with Crippen LogP contribution < -0.4 is 10.6 Å². The van der Waals surface area contributed by atoms with Gasteiger partial charge in [-0.3, -0.25) is 9.59 Å². The highest BCUT2D eigenvalue weighted by Gasteiger charge is 2.22. The first kappa shape index (κ1) is 21.8. The summed E-state index contributed by atoms with van der Waals surface area (Å²) >= 11 is 1.22. The highest BCUT2D eigenvalue weighted by molar-refractivity contribution is 8.00. The van der Waals surface area contributed by atoms with Crippen LogP contribution in [-0.4, -0.2) is 33.6 Å². The minimum absolute atomic E-state index is 0.0842. The van der Waals surface area contributed by atoms with Gasteiger partial charge in [-0.15, -0.1) is 0 Å². The van der Waals surface area contributed by atoms with Gasteiger partial charge in [-0.2, -0.15) is 4.98 Å². The number of aryl methyl sites for hydroxylation is 2. The predicted molar refractivity (Wildman–Crippen MR) is 119 cm³/mol. The molecule has 3 rings (SSSR count). The van der Waals surface area contributed by atoms with Crippen molar-refractivity contribution in [2.75, 3.05) is 11.9 Å². The number of nitrogens with one attached hydrogen (secondary N) is 2. The largest absolute Gasteiger partial charge is 0.443 e. The zero-order valence-electron chi connectivity index (χ0n) is 17.8. The van der Waals surface area contributed by atoms with E-state index in [4.69, 9.17) is 4.42 Å². The fourth-order valence-electron chi connectivity index (χ4n) is 2.80. The van der Waals surface area contributed by atoms with Crippen molar-refractivity contribution in [1.82, 2.24) is 15.3 Å². The standard InChI is InChI=1S/C22H26N4O3S/c1-12(2)11-23-19(27)15(5)30-22-25-18(17-13(3)14(4)29-21(17)26-22)24-20(28)16-9-7-6-8-10-16/h6-10,12,15H,11H2,1-5H3,(H,23,27)(H,24,25,26,28)/t15-/m0/s1. The second-order valence-corrected chi connectivity index (χ2v) is 8.85. The summed E-state index contributed by atoms with van der Waals surface area (Å²) in [5.41, 5.74) is 1.78. The fourth-order valence-corrected chi connectivity index (χ4v) is 3.59. The van der Waals surface area contributed by atoms with E-state index in [1.807, 2.05) is 33.8 Å². The van der Waals surface area contributed by atoms with Gasteiger partial charge in [0.1, 0.15) is 11.6 Å². The first-order valence-electron chi connectivity index (χ1n) is 9.84. The van der Waals surface area contributed by atoms with E-state index in [9.17, 15) is 9.59 Å². The maximum Gasteiger partial charge on any atom is 0.256 e. The lowest BCUT2D eigenvalue weighted by Gasteiger charge is -2.13. The lowest BCUT2D eigenvalue weighted by molar-refractivity contribution is -0.120.